The third-order valence-electron chi connectivity index (χ3n) is 2.69. The number of aromatic nitrogens is 2. The predicted molar refractivity (Wildman–Crippen MR) is 83.9 cm³/mol. The highest BCUT2D eigenvalue weighted by molar-refractivity contribution is 5.88. The van der Waals surface area contributed by atoms with Gasteiger partial charge in [-0.3, -0.25) is 15.2 Å². The highest BCUT2D eigenvalue weighted by Crippen LogP contribution is 2.25. The van der Waals surface area contributed by atoms with Crippen LogP contribution in [0.1, 0.15) is 26.3 Å². The number of hydrogen-bond acceptors (Lipinski definition) is 5. The molecule has 0 atom stereocenters. The van der Waals surface area contributed by atoms with Crippen molar-refractivity contribution in [3.8, 4) is 11.8 Å². The number of rotatable bonds is 2. The Labute approximate surface area is 132 Å². The lowest BCUT2D eigenvalue weighted by Gasteiger charge is -2.18. The number of non-ortho nitro benzene ring substituents is 1. The minimum atomic E-state index is -0.580. The predicted octanol–water partition coefficient (Wildman–Crippen LogP) is 2.35. The standard InChI is InChI=1S/C15H16N4O4/c1-15(2,3)23-14(20)16-6-4-5-10-7-12-11(9-17-18-12)13(8-10)19(21)22/h7-9H,6H2,1-3H3,(H,16,20)(H,17,18). The lowest BCUT2D eigenvalue weighted by atomic mass is 10.1. The van der Waals surface area contributed by atoms with Gasteiger partial charge in [0.1, 0.15) is 5.60 Å². The van der Waals surface area contributed by atoms with Crippen LogP contribution in [0.4, 0.5) is 10.5 Å². The molecule has 8 heteroatoms. The van der Waals surface area contributed by atoms with Crippen LogP contribution < -0.4 is 5.32 Å². The van der Waals surface area contributed by atoms with Crippen LogP contribution in [0.25, 0.3) is 10.9 Å². The van der Waals surface area contributed by atoms with E-state index < -0.39 is 16.6 Å². The number of nitro benzene ring substituents is 1. The van der Waals surface area contributed by atoms with Gasteiger partial charge in [0, 0.05) is 11.6 Å². The number of ether oxygens (including phenoxy) is 1. The second kappa shape index (κ2) is 6.36. The quantitative estimate of drug-likeness (QED) is 0.502. The molecule has 2 N–H and O–H groups in total. The van der Waals surface area contributed by atoms with Gasteiger partial charge in [-0.25, -0.2) is 4.79 Å². The minimum Gasteiger partial charge on any atom is -0.444 e. The highest BCUT2D eigenvalue weighted by Gasteiger charge is 2.15. The van der Waals surface area contributed by atoms with Gasteiger partial charge in [-0.15, -0.1) is 0 Å². The molecule has 0 bridgehead atoms. The van der Waals surface area contributed by atoms with E-state index in [9.17, 15) is 14.9 Å². The van der Waals surface area contributed by atoms with E-state index in [1.165, 1.54) is 12.3 Å². The zero-order chi connectivity index (χ0) is 17.0. The van der Waals surface area contributed by atoms with Crippen LogP contribution in [-0.4, -0.2) is 33.4 Å². The van der Waals surface area contributed by atoms with Gasteiger partial charge >= 0.3 is 6.09 Å². The van der Waals surface area contributed by atoms with Gasteiger partial charge in [0.25, 0.3) is 5.69 Å². The summed E-state index contributed by atoms with van der Waals surface area (Å²) in [6.07, 6.45) is 0.830. The number of fused-ring (bicyclic) bond motifs is 1. The van der Waals surface area contributed by atoms with Gasteiger partial charge in [-0.2, -0.15) is 5.10 Å². The SMILES string of the molecule is CC(C)(C)OC(=O)NCC#Cc1cc([N+](=O)[O-])c2cn[nH]c2c1. The molecule has 1 aromatic carbocycles. The molecule has 0 fully saturated rings. The summed E-state index contributed by atoms with van der Waals surface area (Å²) in [7, 11) is 0. The summed E-state index contributed by atoms with van der Waals surface area (Å²) in [5.41, 5.74) is 0.340. The lowest BCUT2D eigenvalue weighted by molar-refractivity contribution is -0.383. The molecule has 8 nitrogen and oxygen atoms in total. The van der Waals surface area contributed by atoms with E-state index in [4.69, 9.17) is 4.74 Å². The summed E-state index contributed by atoms with van der Waals surface area (Å²) in [5.74, 6) is 5.49. The number of nitro groups is 1. The average Bonchev–Trinajstić information content (AvgIpc) is 2.88. The molecule has 0 saturated heterocycles. The maximum absolute atomic E-state index is 11.4. The fourth-order valence-electron chi connectivity index (χ4n) is 1.83. The van der Waals surface area contributed by atoms with Crippen molar-refractivity contribution in [2.75, 3.05) is 6.54 Å². The van der Waals surface area contributed by atoms with Crippen LogP contribution >= 0.6 is 0 Å². The maximum atomic E-state index is 11.4. The Bertz CT molecular complexity index is 808. The number of hydrogen-bond donors (Lipinski definition) is 2. The van der Waals surface area contributed by atoms with Crippen molar-refractivity contribution < 1.29 is 14.5 Å². The first-order valence-electron chi connectivity index (χ1n) is 6.83. The monoisotopic (exact) mass is 316 g/mol. The number of H-pyrrole nitrogens is 1. The van der Waals surface area contributed by atoms with E-state index in [-0.39, 0.29) is 12.2 Å². The zero-order valence-electron chi connectivity index (χ0n) is 13.0. The number of alkyl carbamates (subject to hydrolysis) is 1. The molecule has 0 radical (unpaired) electrons. The van der Waals surface area contributed by atoms with Gasteiger partial charge in [-0.05, 0) is 26.8 Å². The first-order valence-corrected chi connectivity index (χ1v) is 6.83. The number of carbonyl (C=O) groups excluding carboxylic acids is 1. The lowest BCUT2D eigenvalue weighted by Crippen LogP contribution is -2.32. The molecule has 0 spiro atoms. The molecular weight excluding hydrogens is 300 g/mol. The van der Waals surface area contributed by atoms with Crippen molar-refractivity contribution >= 4 is 22.7 Å². The molecule has 0 aliphatic carbocycles. The Balaban J connectivity index is 2.08. The van der Waals surface area contributed by atoms with Gasteiger partial charge in [0.2, 0.25) is 0 Å². The largest absolute Gasteiger partial charge is 0.444 e. The van der Waals surface area contributed by atoms with Gasteiger partial charge in [0.15, 0.2) is 0 Å². The number of nitrogens with zero attached hydrogens (tertiary/aromatic N) is 2. The second-order valence-corrected chi connectivity index (χ2v) is 5.74. The Kier molecular flexibility index (Phi) is 4.50. The number of aromatic amines is 1. The number of benzene rings is 1. The molecule has 120 valence electrons. The van der Waals surface area contributed by atoms with Crippen molar-refractivity contribution in [2.45, 2.75) is 26.4 Å². The Morgan fingerprint density at radius 1 is 1.48 bits per heavy atom. The molecule has 2 rings (SSSR count). The van der Waals surface area contributed by atoms with Gasteiger partial charge in [-0.1, -0.05) is 11.8 Å². The molecule has 1 aromatic heterocycles. The topological polar surface area (TPSA) is 110 Å². The first kappa shape index (κ1) is 16.3. The fourth-order valence-corrected chi connectivity index (χ4v) is 1.83. The first-order chi connectivity index (χ1) is 10.8. The van der Waals surface area contributed by atoms with E-state index in [0.29, 0.717) is 16.5 Å². The van der Waals surface area contributed by atoms with Crippen molar-refractivity contribution in [3.63, 3.8) is 0 Å². The van der Waals surface area contributed by atoms with Crippen LogP contribution in [0.15, 0.2) is 18.3 Å². The third-order valence-corrected chi connectivity index (χ3v) is 2.69. The average molecular weight is 316 g/mol. The molecule has 0 saturated carbocycles. The van der Waals surface area contributed by atoms with Crippen molar-refractivity contribution in [3.05, 3.63) is 34.0 Å². The summed E-state index contributed by atoms with van der Waals surface area (Å²) in [6, 6.07) is 3.04. The second-order valence-electron chi connectivity index (χ2n) is 5.74. The van der Waals surface area contributed by atoms with Crippen LogP contribution in [0, 0.1) is 22.0 Å². The Morgan fingerprint density at radius 3 is 2.87 bits per heavy atom. The van der Waals surface area contributed by atoms with Crippen LogP contribution in [0.5, 0.6) is 0 Å². The third kappa shape index (κ3) is 4.44. The molecule has 0 unspecified atom stereocenters. The summed E-state index contributed by atoms with van der Waals surface area (Å²) < 4.78 is 5.07. The smallest absolute Gasteiger partial charge is 0.408 e. The van der Waals surface area contributed by atoms with Crippen LogP contribution in [0.2, 0.25) is 0 Å². The molecule has 0 aliphatic rings. The van der Waals surface area contributed by atoms with Gasteiger partial charge in [0.05, 0.1) is 28.6 Å². The van der Waals surface area contributed by atoms with E-state index in [2.05, 4.69) is 27.4 Å². The van der Waals surface area contributed by atoms with Crippen LogP contribution in [0.3, 0.4) is 0 Å². The summed E-state index contributed by atoms with van der Waals surface area (Å²) in [4.78, 5) is 22.0. The van der Waals surface area contributed by atoms with Gasteiger partial charge < -0.3 is 10.1 Å². The molecule has 1 amide bonds. The molecule has 1 heterocycles. The fraction of sp³-hybridized carbons (Fsp3) is 0.333. The summed E-state index contributed by atoms with van der Waals surface area (Å²) in [6.45, 7) is 5.36. The molecule has 23 heavy (non-hydrogen) atoms. The van der Waals surface area contributed by atoms with Crippen LogP contribution in [-0.2, 0) is 4.74 Å². The van der Waals surface area contributed by atoms with E-state index in [1.54, 1.807) is 26.8 Å². The van der Waals surface area contributed by atoms with E-state index in [0.717, 1.165) is 0 Å². The van der Waals surface area contributed by atoms with Crippen molar-refractivity contribution in [2.24, 2.45) is 0 Å². The number of carbonyl (C=O) groups is 1. The number of amides is 1. The minimum absolute atomic E-state index is 0.0688. The summed E-state index contributed by atoms with van der Waals surface area (Å²) in [5, 5.41) is 20.4. The Morgan fingerprint density at radius 2 is 2.22 bits per heavy atom. The summed E-state index contributed by atoms with van der Waals surface area (Å²) >= 11 is 0. The van der Waals surface area contributed by atoms with E-state index >= 15 is 0 Å². The Hall–Kier alpha value is -3.08. The van der Waals surface area contributed by atoms with Crippen molar-refractivity contribution in [1.82, 2.24) is 15.5 Å². The molecular formula is C15H16N4O4. The molecule has 0 aliphatic heterocycles. The normalized spacial score (nSPS) is 10.7. The zero-order valence-corrected chi connectivity index (χ0v) is 13.0. The van der Waals surface area contributed by atoms with Crippen molar-refractivity contribution in [1.29, 1.82) is 0 Å². The number of nitrogens with one attached hydrogen (secondary N) is 2. The highest BCUT2D eigenvalue weighted by atomic mass is 16.6. The molecule has 2 aromatic rings. The maximum Gasteiger partial charge on any atom is 0.408 e. The van der Waals surface area contributed by atoms with E-state index in [1.807, 2.05) is 0 Å².